The second kappa shape index (κ2) is 6.34. The van der Waals surface area contributed by atoms with Crippen molar-refractivity contribution in [2.45, 2.75) is 45.6 Å². The largest absolute Gasteiger partial charge is 0.328 e. The Bertz CT molecular complexity index is 462. The third kappa shape index (κ3) is 3.57. The van der Waals surface area contributed by atoms with Crippen LogP contribution in [0, 0.1) is 17.8 Å². The van der Waals surface area contributed by atoms with Crippen LogP contribution in [0.3, 0.4) is 0 Å². The molecule has 0 radical (unpaired) electrons. The molecule has 2 aliphatic rings. The van der Waals surface area contributed by atoms with E-state index in [4.69, 9.17) is 0 Å². The van der Waals surface area contributed by atoms with Gasteiger partial charge in [-0.3, -0.25) is 0 Å². The summed E-state index contributed by atoms with van der Waals surface area (Å²) in [5.41, 5.74) is 0. The molecule has 4 nitrogen and oxygen atoms in total. The summed E-state index contributed by atoms with van der Waals surface area (Å²) in [5, 5.41) is 6.28. The molecular weight excluding hydrogens is 282 g/mol. The summed E-state index contributed by atoms with van der Waals surface area (Å²) < 4.78 is 0. The second-order valence-corrected chi connectivity index (χ2v) is 7.63. The average Bonchev–Trinajstić information content (AvgIpc) is 3.19. The Hall–Kier alpha value is -1.10. The zero-order valence-electron chi connectivity index (χ0n) is 12.9. The third-order valence-corrected chi connectivity index (χ3v) is 5.72. The topological polar surface area (TPSA) is 45.2 Å². The van der Waals surface area contributed by atoms with Gasteiger partial charge in [-0.2, -0.15) is 0 Å². The van der Waals surface area contributed by atoms with Crippen LogP contribution in [0.15, 0.2) is 11.6 Å². The Balaban J connectivity index is 1.56. The van der Waals surface area contributed by atoms with E-state index in [0.717, 1.165) is 42.8 Å². The number of rotatable bonds is 4. The maximum absolute atomic E-state index is 12.5. The van der Waals surface area contributed by atoms with Gasteiger partial charge in [0, 0.05) is 24.7 Å². The first kappa shape index (κ1) is 14.8. The van der Waals surface area contributed by atoms with Gasteiger partial charge < -0.3 is 10.2 Å². The summed E-state index contributed by atoms with van der Waals surface area (Å²) in [4.78, 5) is 18.9. The smallest absolute Gasteiger partial charge is 0.317 e. The first-order valence-electron chi connectivity index (χ1n) is 8.10. The Labute approximate surface area is 130 Å². The summed E-state index contributed by atoms with van der Waals surface area (Å²) in [6.45, 7) is 6.35. The van der Waals surface area contributed by atoms with Crippen molar-refractivity contribution in [2.75, 3.05) is 13.1 Å². The molecule has 3 rings (SSSR count). The molecule has 1 aliphatic carbocycles. The fourth-order valence-electron chi connectivity index (χ4n) is 3.19. The molecule has 1 atom stereocenters. The third-order valence-electron chi connectivity index (χ3n) is 4.86. The van der Waals surface area contributed by atoms with Gasteiger partial charge in [0.05, 0.1) is 6.04 Å². The predicted octanol–water partition coefficient (Wildman–Crippen LogP) is 3.67. The van der Waals surface area contributed by atoms with Crippen molar-refractivity contribution in [3.63, 3.8) is 0 Å². The van der Waals surface area contributed by atoms with Crippen molar-refractivity contribution < 1.29 is 4.79 Å². The first-order valence-corrected chi connectivity index (χ1v) is 8.98. The van der Waals surface area contributed by atoms with Gasteiger partial charge in [-0.15, -0.1) is 11.3 Å². The quantitative estimate of drug-likeness (QED) is 0.922. The molecule has 1 unspecified atom stereocenters. The molecule has 116 valence electrons. The fourth-order valence-corrected chi connectivity index (χ4v) is 3.97. The summed E-state index contributed by atoms with van der Waals surface area (Å²) in [5.74, 6) is 2.09. The highest BCUT2D eigenvalue weighted by Crippen LogP contribution is 2.41. The van der Waals surface area contributed by atoms with Crippen molar-refractivity contribution in [1.82, 2.24) is 15.2 Å². The Morgan fingerprint density at radius 2 is 2.00 bits per heavy atom. The minimum absolute atomic E-state index is 0.101. The normalized spacial score (nSPS) is 21.6. The monoisotopic (exact) mass is 307 g/mol. The standard InChI is InChI=1S/C16H25N3OS/c1-11(2)12-5-8-19(9-6-12)16(20)18-14(13-3-4-13)15-17-7-10-21-15/h7,10-14H,3-6,8-9H2,1-2H3,(H,18,20). The number of likely N-dealkylation sites (tertiary alicyclic amines) is 1. The lowest BCUT2D eigenvalue weighted by molar-refractivity contribution is 0.153. The van der Waals surface area contributed by atoms with E-state index in [9.17, 15) is 4.79 Å². The highest BCUT2D eigenvalue weighted by Gasteiger charge is 2.36. The average molecular weight is 307 g/mol. The molecule has 1 aliphatic heterocycles. The van der Waals surface area contributed by atoms with Crippen molar-refractivity contribution in [2.24, 2.45) is 17.8 Å². The van der Waals surface area contributed by atoms with Gasteiger partial charge in [-0.25, -0.2) is 9.78 Å². The Morgan fingerprint density at radius 1 is 1.29 bits per heavy atom. The SMILES string of the molecule is CC(C)C1CCN(C(=O)NC(c2nccs2)C2CC2)CC1. The molecule has 2 amide bonds. The number of thiazole rings is 1. The van der Waals surface area contributed by atoms with Crippen LogP contribution >= 0.6 is 11.3 Å². The number of nitrogens with zero attached hydrogens (tertiary/aromatic N) is 2. The zero-order valence-corrected chi connectivity index (χ0v) is 13.7. The van der Waals surface area contributed by atoms with Gasteiger partial charge in [-0.1, -0.05) is 13.8 Å². The van der Waals surface area contributed by atoms with Crippen LogP contribution in [0.2, 0.25) is 0 Å². The lowest BCUT2D eigenvalue weighted by Gasteiger charge is -2.34. The van der Waals surface area contributed by atoms with Crippen LogP contribution in [0.25, 0.3) is 0 Å². The van der Waals surface area contributed by atoms with Crippen LogP contribution in [0.4, 0.5) is 4.79 Å². The number of amides is 2. The number of piperidine rings is 1. The van der Waals surface area contributed by atoms with Crippen molar-refractivity contribution in [1.29, 1.82) is 0 Å². The molecule has 0 spiro atoms. The van der Waals surface area contributed by atoms with Gasteiger partial charge in [-0.05, 0) is 43.4 Å². The van der Waals surface area contributed by atoms with E-state index in [1.807, 2.05) is 16.5 Å². The molecule has 21 heavy (non-hydrogen) atoms. The zero-order chi connectivity index (χ0) is 14.8. The summed E-state index contributed by atoms with van der Waals surface area (Å²) in [7, 11) is 0. The van der Waals surface area contributed by atoms with Crippen LogP contribution in [-0.4, -0.2) is 29.0 Å². The molecule has 0 bridgehead atoms. The minimum Gasteiger partial charge on any atom is -0.328 e. The van der Waals surface area contributed by atoms with E-state index < -0.39 is 0 Å². The summed E-state index contributed by atoms with van der Waals surface area (Å²) in [6, 6.07) is 0.227. The summed E-state index contributed by atoms with van der Waals surface area (Å²) >= 11 is 1.65. The van der Waals surface area contributed by atoms with E-state index in [0.29, 0.717) is 5.92 Å². The Kier molecular flexibility index (Phi) is 4.48. The number of urea groups is 1. The summed E-state index contributed by atoms with van der Waals surface area (Å²) in [6.07, 6.45) is 6.52. The lowest BCUT2D eigenvalue weighted by atomic mass is 9.87. The van der Waals surface area contributed by atoms with Crippen LogP contribution in [-0.2, 0) is 0 Å². The predicted molar refractivity (Wildman–Crippen MR) is 85.2 cm³/mol. The number of carbonyl (C=O) groups is 1. The van der Waals surface area contributed by atoms with Crippen molar-refractivity contribution in [3.8, 4) is 0 Å². The highest BCUT2D eigenvalue weighted by molar-refractivity contribution is 7.09. The van der Waals surface area contributed by atoms with Gasteiger partial charge in [0.1, 0.15) is 5.01 Å². The molecule has 1 saturated heterocycles. The minimum atomic E-state index is 0.101. The van der Waals surface area contributed by atoms with E-state index >= 15 is 0 Å². The highest BCUT2D eigenvalue weighted by atomic mass is 32.1. The van der Waals surface area contributed by atoms with Gasteiger partial charge in [0.2, 0.25) is 0 Å². The van der Waals surface area contributed by atoms with E-state index in [1.54, 1.807) is 11.3 Å². The lowest BCUT2D eigenvalue weighted by Crippen LogP contribution is -2.46. The molecule has 1 aromatic rings. The first-order chi connectivity index (χ1) is 10.1. The van der Waals surface area contributed by atoms with Crippen molar-refractivity contribution in [3.05, 3.63) is 16.6 Å². The number of aromatic nitrogens is 1. The van der Waals surface area contributed by atoms with Crippen LogP contribution < -0.4 is 5.32 Å². The molecule has 2 heterocycles. The van der Waals surface area contributed by atoms with Gasteiger partial charge >= 0.3 is 6.03 Å². The maximum Gasteiger partial charge on any atom is 0.317 e. The van der Waals surface area contributed by atoms with E-state index in [1.165, 1.54) is 12.8 Å². The van der Waals surface area contributed by atoms with E-state index in [-0.39, 0.29) is 12.1 Å². The molecule has 1 saturated carbocycles. The van der Waals surface area contributed by atoms with E-state index in [2.05, 4.69) is 24.1 Å². The molecule has 2 fully saturated rings. The van der Waals surface area contributed by atoms with Gasteiger partial charge in [0.25, 0.3) is 0 Å². The van der Waals surface area contributed by atoms with Gasteiger partial charge in [0.15, 0.2) is 0 Å². The van der Waals surface area contributed by atoms with Crippen LogP contribution in [0.5, 0.6) is 0 Å². The fraction of sp³-hybridized carbons (Fsp3) is 0.750. The number of nitrogens with one attached hydrogen (secondary N) is 1. The molecule has 1 N–H and O–H groups in total. The molecular formula is C16H25N3OS. The number of carbonyl (C=O) groups excluding carboxylic acids is 1. The maximum atomic E-state index is 12.5. The van der Waals surface area contributed by atoms with Crippen molar-refractivity contribution >= 4 is 17.4 Å². The number of hydrogen-bond acceptors (Lipinski definition) is 3. The molecule has 5 heteroatoms. The molecule has 0 aromatic carbocycles. The number of hydrogen-bond donors (Lipinski definition) is 1. The second-order valence-electron chi connectivity index (χ2n) is 6.70. The van der Waals surface area contributed by atoms with Crippen LogP contribution in [0.1, 0.15) is 50.6 Å². The molecule has 1 aromatic heterocycles. The Morgan fingerprint density at radius 3 is 2.52 bits per heavy atom.